The first kappa shape index (κ1) is 22.0. The molecule has 0 unspecified atom stereocenters. The Morgan fingerprint density at radius 2 is 1.61 bits per heavy atom. The molecule has 4 aromatic rings. The van der Waals surface area contributed by atoms with Crippen molar-refractivity contribution in [1.82, 2.24) is 5.43 Å². The van der Waals surface area contributed by atoms with Crippen LogP contribution >= 0.6 is 11.3 Å². The quantitative estimate of drug-likeness (QED) is 0.278. The van der Waals surface area contributed by atoms with E-state index in [0.29, 0.717) is 22.7 Å². The second kappa shape index (κ2) is 10.9. The number of amides is 2. The van der Waals surface area contributed by atoms with E-state index in [1.54, 1.807) is 42.6 Å². The summed E-state index contributed by atoms with van der Waals surface area (Å²) >= 11 is 1.33. The summed E-state index contributed by atoms with van der Waals surface area (Å²) in [6.07, 6.45) is 1.55. The highest BCUT2D eigenvalue weighted by Crippen LogP contribution is 2.18. The second-order valence-corrected chi connectivity index (χ2v) is 7.97. The number of benzene rings is 3. The fourth-order valence-corrected chi connectivity index (χ4v) is 3.62. The molecule has 3 aromatic carbocycles. The van der Waals surface area contributed by atoms with Gasteiger partial charge in [-0.3, -0.25) is 9.59 Å². The van der Waals surface area contributed by atoms with Gasteiger partial charge in [0, 0.05) is 0 Å². The zero-order valence-electron chi connectivity index (χ0n) is 17.6. The zero-order valence-corrected chi connectivity index (χ0v) is 18.4. The normalized spacial score (nSPS) is 10.7. The summed E-state index contributed by atoms with van der Waals surface area (Å²) in [5, 5.41) is 8.64. The van der Waals surface area contributed by atoms with Gasteiger partial charge >= 0.3 is 0 Å². The molecule has 0 radical (unpaired) electrons. The van der Waals surface area contributed by atoms with Crippen LogP contribution in [0.2, 0.25) is 0 Å². The summed E-state index contributed by atoms with van der Waals surface area (Å²) < 4.78 is 5.77. The number of hydrogen-bond acceptors (Lipinski definition) is 5. The molecule has 0 aliphatic rings. The number of para-hydroxylation sites is 1. The number of ether oxygens (including phenoxy) is 1. The minimum Gasteiger partial charge on any atom is -0.489 e. The van der Waals surface area contributed by atoms with Crippen molar-refractivity contribution in [2.75, 3.05) is 5.32 Å². The highest BCUT2D eigenvalue weighted by Gasteiger charge is 2.14. The maximum atomic E-state index is 12.6. The van der Waals surface area contributed by atoms with Crippen molar-refractivity contribution in [3.8, 4) is 5.75 Å². The van der Waals surface area contributed by atoms with E-state index < -0.39 is 5.91 Å². The van der Waals surface area contributed by atoms with Gasteiger partial charge in [-0.05, 0) is 59.0 Å². The van der Waals surface area contributed by atoms with Crippen molar-refractivity contribution in [2.24, 2.45) is 5.10 Å². The molecule has 33 heavy (non-hydrogen) atoms. The lowest BCUT2D eigenvalue weighted by Gasteiger charge is -2.09. The van der Waals surface area contributed by atoms with E-state index in [-0.39, 0.29) is 5.91 Å². The Kier molecular flexibility index (Phi) is 7.25. The van der Waals surface area contributed by atoms with Crippen molar-refractivity contribution in [1.29, 1.82) is 0 Å². The van der Waals surface area contributed by atoms with E-state index in [2.05, 4.69) is 15.8 Å². The first-order valence-corrected chi connectivity index (χ1v) is 11.1. The number of anilines is 1. The van der Waals surface area contributed by atoms with Crippen molar-refractivity contribution in [3.05, 3.63) is 118 Å². The van der Waals surface area contributed by atoms with Gasteiger partial charge in [-0.2, -0.15) is 5.10 Å². The van der Waals surface area contributed by atoms with Gasteiger partial charge in [0.05, 0.1) is 22.3 Å². The molecule has 2 N–H and O–H groups in total. The number of rotatable bonds is 8. The number of thiophene rings is 1. The summed E-state index contributed by atoms with van der Waals surface area (Å²) in [5.41, 5.74) is 5.15. The summed E-state index contributed by atoms with van der Waals surface area (Å²) in [4.78, 5) is 25.5. The smallest absolute Gasteiger partial charge is 0.273 e. The van der Waals surface area contributed by atoms with Crippen molar-refractivity contribution < 1.29 is 14.3 Å². The van der Waals surface area contributed by atoms with E-state index in [9.17, 15) is 9.59 Å². The molecule has 1 aromatic heterocycles. The molecule has 2 amide bonds. The standard InChI is InChI=1S/C26H21N3O3S/c30-25(22-9-4-5-10-23(22)28-26(31)24-11-6-16-33-24)29-27-17-19-12-14-21(15-13-19)32-18-20-7-2-1-3-8-20/h1-17H,18H2,(H,28,31)(H,29,30)/b27-17-. The Morgan fingerprint density at radius 3 is 2.36 bits per heavy atom. The zero-order chi connectivity index (χ0) is 22.9. The maximum absolute atomic E-state index is 12.6. The molecule has 0 saturated carbocycles. The number of nitrogens with zero attached hydrogens (tertiary/aromatic N) is 1. The van der Waals surface area contributed by atoms with E-state index >= 15 is 0 Å². The van der Waals surface area contributed by atoms with Gasteiger partial charge in [0.2, 0.25) is 0 Å². The third-order valence-electron chi connectivity index (χ3n) is 4.67. The molecule has 0 aliphatic heterocycles. The Bertz CT molecular complexity index is 1240. The van der Waals surface area contributed by atoms with Crippen LogP contribution in [0, 0.1) is 0 Å². The Hall–Kier alpha value is -4.23. The molecular weight excluding hydrogens is 434 g/mol. The minimum absolute atomic E-state index is 0.261. The largest absolute Gasteiger partial charge is 0.489 e. The Morgan fingerprint density at radius 1 is 0.848 bits per heavy atom. The van der Waals surface area contributed by atoms with Gasteiger partial charge in [0.15, 0.2) is 0 Å². The average Bonchev–Trinajstić information content (AvgIpc) is 3.40. The molecule has 6 nitrogen and oxygen atoms in total. The molecule has 7 heteroatoms. The summed E-state index contributed by atoms with van der Waals surface area (Å²) in [7, 11) is 0. The summed E-state index contributed by atoms with van der Waals surface area (Å²) in [6.45, 7) is 0.493. The van der Waals surface area contributed by atoms with Crippen molar-refractivity contribution >= 4 is 35.1 Å². The van der Waals surface area contributed by atoms with Crippen LogP contribution in [0.1, 0.15) is 31.2 Å². The summed E-state index contributed by atoms with van der Waals surface area (Å²) in [6, 6.07) is 27.7. The topological polar surface area (TPSA) is 79.8 Å². The highest BCUT2D eigenvalue weighted by atomic mass is 32.1. The first-order chi connectivity index (χ1) is 16.2. The SMILES string of the molecule is O=C(Nc1ccccc1C(=O)N/N=C\c1ccc(OCc2ccccc2)cc1)c1cccs1. The van der Waals surface area contributed by atoms with Gasteiger partial charge in [-0.15, -0.1) is 11.3 Å². The van der Waals surface area contributed by atoms with Gasteiger partial charge in [-0.25, -0.2) is 5.43 Å². The maximum Gasteiger partial charge on any atom is 0.273 e. The van der Waals surface area contributed by atoms with Crippen molar-refractivity contribution in [2.45, 2.75) is 6.61 Å². The van der Waals surface area contributed by atoms with Gasteiger partial charge in [-0.1, -0.05) is 48.5 Å². The lowest BCUT2D eigenvalue weighted by atomic mass is 10.1. The highest BCUT2D eigenvalue weighted by molar-refractivity contribution is 7.12. The molecule has 0 aliphatic carbocycles. The molecule has 0 atom stereocenters. The van der Waals surface area contributed by atoms with Crippen LogP contribution in [0.15, 0.2) is 101 Å². The third kappa shape index (κ3) is 6.15. The monoisotopic (exact) mass is 455 g/mol. The van der Waals surface area contributed by atoms with Crippen LogP contribution in [0.25, 0.3) is 0 Å². The molecule has 0 spiro atoms. The Balaban J connectivity index is 1.33. The molecule has 4 rings (SSSR count). The van der Waals surface area contributed by atoms with E-state index in [1.165, 1.54) is 11.3 Å². The second-order valence-electron chi connectivity index (χ2n) is 7.02. The molecule has 0 fully saturated rings. The van der Waals surface area contributed by atoms with Crippen LogP contribution in [-0.4, -0.2) is 18.0 Å². The van der Waals surface area contributed by atoms with Gasteiger partial charge < -0.3 is 10.1 Å². The fourth-order valence-electron chi connectivity index (χ4n) is 3.00. The number of hydrazone groups is 1. The molecule has 1 heterocycles. The van der Waals surface area contributed by atoms with Crippen LogP contribution in [0.5, 0.6) is 5.75 Å². The number of carbonyl (C=O) groups excluding carboxylic acids is 2. The third-order valence-corrected chi connectivity index (χ3v) is 5.54. The predicted octanol–water partition coefficient (Wildman–Crippen LogP) is 5.34. The van der Waals surface area contributed by atoms with Crippen LogP contribution in [0.3, 0.4) is 0 Å². The number of hydrogen-bond donors (Lipinski definition) is 2. The lowest BCUT2D eigenvalue weighted by Crippen LogP contribution is -2.21. The molecule has 0 bridgehead atoms. The Labute approximate surface area is 195 Å². The van der Waals surface area contributed by atoms with Crippen molar-refractivity contribution in [3.63, 3.8) is 0 Å². The molecule has 0 saturated heterocycles. The fraction of sp³-hybridized carbons (Fsp3) is 0.0385. The van der Waals surface area contributed by atoms with Crippen LogP contribution in [0.4, 0.5) is 5.69 Å². The van der Waals surface area contributed by atoms with Crippen LogP contribution < -0.4 is 15.5 Å². The first-order valence-electron chi connectivity index (χ1n) is 10.2. The average molecular weight is 456 g/mol. The number of nitrogens with one attached hydrogen (secondary N) is 2. The van der Waals surface area contributed by atoms with Crippen LogP contribution in [-0.2, 0) is 6.61 Å². The molecule has 164 valence electrons. The van der Waals surface area contributed by atoms with E-state index in [1.807, 2.05) is 60.0 Å². The summed E-state index contributed by atoms with van der Waals surface area (Å²) in [5.74, 6) is 0.0647. The minimum atomic E-state index is -0.420. The van der Waals surface area contributed by atoms with E-state index in [4.69, 9.17) is 4.74 Å². The van der Waals surface area contributed by atoms with Gasteiger partial charge in [0.1, 0.15) is 12.4 Å². The van der Waals surface area contributed by atoms with E-state index in [0.717, 1.165) is 16.9 Å². The van der Waals surface area contributed by atoms with Gasteiger partial charge in [0.25, 0.3) is 11.8 Å². The predicted molar refractivity (Wildman–Crippen MR) is 131 cm³/mol. The molecular formula is C26H21N3O3S. The lowest BCUT2D eigenvalue weighted by molar-refractivity contribution is 0.0956. The number of carbonyl (C=O) groups is 2.